The number of fused-ring (bicyclic) bond motifs is 1. The molecule has 1 aliphatic rings. The van der Waals surface area contributed by atoms with E-state index < -0.39 is 43.0 Å². The average Bonchev–Trinajstić information content (AvgIpc) is 3.61. The number of rotatable bonds is 19. The molecule has 0 saturated heterocycles. The molecular formula is C43H62Cl4FN6O11PS3. The standard InChI is InChI=1S/C15H15ClFN3O3S2.C14H20ClNO2.C8H11Cl2NO.C3H8NO5P.C3H9S/c1-23-13(21)8-24-12-7-11(10(17)6-9(12)16)18-14-19-4-2-3-5-20(19)15(22)25-14;1-4-11-7-6-8-12(5-2)14(11)16(10-18-3)13(17)9-15;1-3-5-11(6-4-2)8(12)7(9)10;5-3(6)1-4-2-10(7,8)9;1-4(2)3/h6-7H,2-5,8H2,1H3;6-8H,4-5,9-10H2,1-3H3;3-4,7H,1-2,5-6H2;4H,1-2H2,(H,5,6)(H2,7,8,9);1-3H3/q;;;;+1/p-1. The van der Waals surface area contributed by atoms with Crippen LogP contribution in [0.1, 0.15) is 37.8 Å². The van der Waals surface area contributed by atoms with Gasteiger partial charge in [0.2, 0.25) is 10.7 Å². The van der Waals surface area contributed by atoms with E-state index in [-0.39, 0.29) is 45.8 Å². The quantitative estimate of drug-likeness (QED) is 0.0224. The molecular weight excluding hydrogens is 1060 g/mol. The molecule has 0 radical (unpaired) electrons. The Morgan fingerprint density at radius 2 is 1.62 bits per heavy atom. The maximum atomic E-state index is 14.3. The van der Waals surface area contributed by atoms with Crippen molar-refractivity contribution < 1.29 is 52.5 Å². The smallest absolute Gasteiger partial charge is 0.325 e. The highest BCUT2D eigenvalue weighted by Crippen LogP contribution is 2.33. The lowest BCUT2D eigenvalue weighted by molar-refractivity contribution is -0.193. The normalized spacial score (nSPS) is 12.5. The van der Waals surface area contributed by atoms with Crippen LogP contribution >= 0.6 is 77.1 Å². The van der Waals surface area contributed by atoms with Gasteiger partial charge in [0.05, 0.1) is 55.2 Å². The zero-order valence-corrected chi connectivity index (χ0v) is 46.0. The number of methoxy groups -OCH3 is 2. The van der Waals surface area contributed by atoms with Crippen molar-refractivity contribution in [2.45, 2.75) is 62.4 Å². The second-order valence-corrected chi connectivity index (χ2v) is 22.0. The fourth-order valence-corrected chi connectivity index (χ4v) is 8.27. The Balaban J connectivity index is 0.000000924. The molecule has 3 aromatic rings. The van der Waals surface area contributed by atoms with Crippen molar-refractivity contribution in [1.82, 2.24) is 19.6 Å². The van der Waals surface area contributed by atoms with Gasteiger partial charge < -0.3 is 33.8 Å². The zero-order chi connectivity index (χ0) is 52.9. The molecule has 2 aromatic carbocycles. The number of aryl methyl sites for hydroxylation is 2. The van der Waals surface area contributed by atoms with Crippen LogP contribution in [-0.2, 0) is 70.0 Å². The van der Waals surface area contributed by atoms with Crippen LogP contribution in [0.4, 0.5) is 15.8 Å². The second kappa shape index (κ2) is 35.8. The number of benzene rings is 2. The van der Waals surface area contributed by atoms with Crippen LogP contribution in [0, 0.1) is 5.82 Å². The lowest BCUT2D eigenvalue weighted by atomic mass is 10.0. The summed E-state index contributed by atoms with van der Waals surface area (Å²) in [4.78, 5) is 81.5. The number of carbonyl (C=O) groups excluding carboxylic acids is 3. The summed E-state index contributed by atoms with van der Waals surface area (Å²) >= 11 is 24.6. The van der Waals surface area contributed by atoms with Crippen molar-refractivity contribution in [2.75, 3.05) is 82.2 Å². The number of carbonyl (C=O) groups is 4. The molecule has 26 heteroatoms. The summed E-state index contributed by atoms with van der Waals surface area (Å²) in [6, 6.07) is 8.75. The van der Waals surface area contributed by atoms with Gasteiger partial charge in [-0.25, -0.2) is 14.1 Å². The van der Waals surface area contributed by atoms with Crippen LogP contribution in [0.2, 0.25) is 5.02 Å². The number of thioether (sulfide) groups is 1. The number of halogens is 5. The molecule has 0 fully saturated rings. The van der Waals surface area contributed by atoms with Crippen LogP contribution < -0.4 is 24.8 Å². The fourth-order valence-electron chi connectivity index (χ4n) is 5.46. The summed E-state index contributed by atoms with van der Waals surface area (Å²) in [6.07, 6.45) is 12.7. The van der Waals surface area contributed by atoms with E-state index in [0.29, 0.717) is 46.8 Å². The van der Waals surface area contributed by atoms with Gasteiger partial charge in [-0.15, -0.1) is 36.5 Å². The molecule has 1 atom stereocenters. The number of nitrogens with one attached hydrogen (secondary N) is 1. The summed E-state index contributed by atoms with van der Waals surface area (Å²) < 4.78 is 37.3. The van der Waals surface area contributed by atoms with Gasteiger partial charge in [-0.3, -0.25) is 38.9 Å². The van der Waals surface area contributed by atoms with E-state index in [4.69, 9.17) is 61.1 Å². The van der Waals surface area contributed by atoms with Crippen molar-refractivity contribution in [3.8, 4) is 0 Å². The number of amides is 2. The first-order chi connectivity index (χ1) is 32.5. The lowest BCUT2D eigenvalue weighted by Gasteiger charge is -2.26. The Kier molecular flexibility index (Phi) is 34.2. The van der Waals surface area contributed by atoms with Crippen LogP contribution in [0.3, 0.4) is 0 Å². The summed E-state index contributed by atoms with van der Waals surface area (Å²) in [5.41, 5.74) is 3.32. The molecule has 0 saturated carbocycles. The van der Waals surface area contributed by atoms with Crippen molar-refractivity contribution >= 4 is 123 Å². The highest BCUT2D eigenvalue weighted by molar-refractivity contribution is 8.00. The van der Waals surface area contributed by atoms with Gasteiger partial charge >= 0.3 is 16.8 Å². The third-order valence-electron chi connectivity index (χ3n) is 8.38. The Bertz CT molecular complexity index is 2260. The fraction of sp³-hybridized carbons (Fsp3) is 0.488. The highest BCUT2D eigenvalue weighted by atomic mass is 35.5. The molecule has 1 unspecified atom stereocenters. The van der Waals surface area contributed by atoms with E-state index in [0.717, 1.165) is 71.7 Å². The number of aliphatic carboxylic acids is 1. The van der Waals surface area contributed by atoms with E-state index in [1.807, 2.05) is 23.5 Å². The lowest BCUT2D eigenvalue weighted by Crippen LogP contribution is -2.35. The van der Waals surface area contributed by atoms with E-state index in [2.05, 4.69) is 55.5 Å². The topological polar surface area (TPSA) is 225 Å². The number of alkyl halides is 3. The van der Waals surface area contributed by atoms with Gasteiger partial charge in [0.1, 0.15) is 31.7 Å². The summed E-state index contributed by atoms with van der Waals surface area (Å²) in [5.74, 6) is -2.58. The number of carboxylic acids is 1. The van der Waals surface area contributed by atoms with Crippen LogP contribution in [0.15, 0.2) is 70.3 Å². The maximum absolute atomic E-state index is 14.3. The minimum absolute atomic E-state index is 0.0371. The molecule has 0 bridgehead atoms. The second-order valence-electron chi connectivity index (χ2n) is 14.3. The highest BCUT2D eigenvalue weighted by Gasteiger charge is 2.21. The first-order valence-corrected chi connectivity index (χ1v) is 28.5. The van der Waals surface area contributed by atoms with Gasteiger partial charge in [-0.1, -0.05) is 79.0 Å². The molecule has 2 amide bonds. The Hall–Kier alpha value is -3.18. The number of hydrogen-bond acceptors (Lipinski definition) is 13. The number of aromatic nitrogens is 2. The third kappa shape index (κ3) is 26.2. The van der Waals surface area contributed by atoms with E-state index in [1.54, 1.807) is 33.5 Å². The van der Waals surface area contributed by atoms with Crippen LogP contribution in [0.25, 0.3) is 0 Å². The summed E-state index contributed by atoms with van der Waals surface area (Å²) in [5, 5.41) is 10.2. The Morgan fingerprint density at radius 1 is 1.07 bits per heavy atom. The first-order valence-electron chi connectivity index (χ1n) is 20.7. The average molecular weight is 1130 g/mol. The zero-order valence-electron chi connectivity index (χ0n) is 39.6. The van der Waals surface area contributed by atoms with Crippen molar-refractivity contribution in [1.29, 1.82) is 0 Å². The molecule has 1 aromatic heterocycles. The number of anilines is 1. The molecule has 1 aliphatic heterocycles. The molecule has 69 heavy (non-hydrogen) atoms. The first kappa shape index (κ1) is 65.8. The SMILES string of the molecule is C=CCN(CC=C)C(=O)C(Cl)Cl.CCc1cccc(CC)c1N(COC)C(=O)CCl.COC(=O)CSc1cc(N=c2sc(=O)n3n2CCCC3)c(F)cc1Cl.C[S+](C)C.O=C(O)CNCP(=O)([O-])O. The molecule has 388 valence electrons. The number of carboxylic acid groups (broad SMARTS) is 1. The molecule has 4 rings (SSSR count). The number of ether oxygens (including phenoxy) is 2. The van der Waals surface area contributed by atoms with Crippen molar-refractivity contribution in [2.24, 2.45) is 4.99 Å². The van der Waals surface area contributed by atoms with Crippen LogP contribution in [0.5, 0.6) is 0 Å². The van der Waals surface area contributed by atoms with Gasteiger partial charge in [-0.05, 0) is 71.2 Å². The number of nitrogens with zero attached hydrogens (tertiary/aromatic N) is 5. The van der Waals surface area contributed by atoms with Gasteiger partial charge in [0, 0.05) is 38.2 Å². The predicted molar refractivity (Wildman–Crippen MR) is 278 cm³/mol. The van der Waals surface area contributed by atoms with Crippen molar-refractivity contribution in [3.63, 3.8) is 0 Å². The number of hydrogen-bond donors (Lipinski definition) is 3. The third-order valence-corrected chi connectivity index (χ3v) is 11.9. The number of para-hydroxylation sites is 1. The van der Waals surface area contributed by atoms with E-state index in [9.17, 15) is 37.8 Å². The maximum Gasteiger partial charge on any atom is 0.325 e. The molecule has 0 spiro atoms. The predicted octanol–water partition coefficient (Wildman–Crippen LogP) is 6.43. The monoisotopic (exact) mass is 1120 g/mol. The molecule has 17 nitrogen and oxygen atoms in total. The Labute approximate surface area is 434 Å². The molecule has 3 N–H and O–H groups in total. The van der Waals surface area contributed by atoms with Crippen LogP contribution in [-0.4, -0.2) is 130 Å². The summed E-state index contributed by atoms with van der Waals surface area (Å²) in [6.45, 7) is 13.1. The van der Waals surface area contributed by atoms with Crippen molar-refractivity contribution in [3.05, 3.63) is 92.1 Å². The minimum atomic E-state index is -4.35. The van der Waals surface area contributed by atoms with Gasteiger partial charge in [0.15, 0.2) is 4.84 Å². The largest absolute Gasteiger partial charge is 0.778 e. The van der Waals surface area contributed by atoms with E-state index in [1.165, 1.54) is 18.1 Å². The van der Waals surface area contributed by atoms with Gasteiger partial charge in [0.25, 0.3) is 5.91 Å². The summed E-state index contributed by atoms with van der Waals surface area (Å²) in [7, 11) is -0.833. The molecule has 0 aliphatic carbocycles. The minimum Gasteiger partial charge on any atom is -0.778 e. The van der Waals surface area contributed by atoms with E-state index >= 15 is 0 Å². The Morgan fingerprint density at radius 3 is 2.07 bits per heavy atom. The van der Waals surface area contributed by atoms with Gasteiger partial charge in [-0.2, -0.15) is 0 Å². The molecule has 2 heterocycles. The number of esters is 1.